The second kappa shape index (κ2) is 9.25. The largest absolute Gasteiger partial charge is 0.481 e. The molecule has 0 aliphatic heterocycles. The number of aromatic nitrogens is 2. The molecule has 1 heterocycles. The smallest absolute Gasteiger partial charge is 0.408 e. The summed E-state index contributed by atoms with van der Waals surface area (Å²) in [6, 6.07) is 16.5. The summed E-state index contributed by atoms with van der Waals surface area (Å²) in [5.74, 6) is -1.85. The van der Waals surface area contributed by atoms with Gasteiger partial charge in [-0.1, -0.05) is 48.5 Å². The van der Waals surface area contributed by atoms with Crippen molar-refractivity contribution in [1.29, 1.82) is 0 Å². The first-order valence-electron chi connectivity index (χ1n) is 11.5. The van der Waals surface area contributed by atoms with Crippen LogP contribution in [0, 0.1) is 5.92 Å². The lowest BCUT2D eigenvalue weighted by molar-refractivity contribution is -0.146. The third kappa shape index (κ3) is 4.37. The van der Waals surface area contributed by atoms with Crippen LogP contribution in [-0.4, -0.2) is 45.5 Å². The molecule has 2 amide bonds. The van der Waals surface area contributed by atoms with Crippen molar-refractivity contribution in [3.8, 4) is 11.1 Å². The van der Waals surface area contributed by atoms with Gasteiger partial charge in [-0.3, -0.25) is 14.3 Å². The van der Waals surface area contributed by atoms with Gasteiger partial charge in [0.15, 0.2) is 6.04 Å². The summed E-state index contributed by atoms with van der Waals surface area (Å²) in [7, 11) is 1.68. The first-order valence-corrected chi connectivity index (χ1v) is 11.5. The van der Waals surface area contributed by atoms with E-state index in [-0.39, 0.29) is 18.6 Å². The van der Waals surface area contributed by atoms with Crippen LogP contribution in [0.5, 0.6) is 0 Å². The predicted molar refractivity (Wildman–Crippen MR) is 126 cm³/mol. The number of alkyl carbamates (subject to hydrolysis) is 1. The number of nitrogens with zero attached hydrogens (tertiary/aromatic N) is 2. The average Bonchev–Trinajstić information content (AvgIpc) is 3.39. The third-order valence-corrected chi connectivity index (χ3v) is 6.86. The van der Waals surface area contributed by atoms with E-state index in [1.54, 1.807) is 19.3 Å². The zero-order valence-electron chi connectivity index (χ0n) is 19.2. The lowest BCUT2D eigenvalue weighted by Gasteiger charge is -2.34. The molecule has 3 aromatic rings. The summed E-state index contributed by atoms with van der Waals surface area (Å²) >= 11 is 0. The molecule has 2 aliphatic rings. The molecule has 1 saturated carbocycles. The monoisotopic (exact) mass is 474 g/mol. The first kappa shape index (κ1) is 22.6. The van der Waals surface area contributed by atoms with E-state index in [2.05, 4.69) is 27.9 Å². The number of carboxylic acid groups (broad SMARTS) is 1. The maximum absolute atomic E-state index is 13.0. The number of carbonyl (C=O) groups is 3. The molecular formula is C26H26N4O5. The lowest BCUT2D eigenvalue weighted by atomic mass is 9.80. The molecule has 180 valence electrons. The van der Waals surface area contributed by atoms with Crippen LogP contribution in [0.3, 0.4) is 0 Å². The van der Waals surface area contributed by atoms with E-state index in [1.807, 2.05) is 36.4 Å². The zero-order valence-corrected chi connectivity index (χ0v) is 19.2. The number of carboxylic acids is 1. The van der Waals surface area contributed by atoms with Crippen molar-refractivity contribution < 1.29 is 24.2 Å². The lowest BCUT2D eigenvalue weighted by Crippen LogP contribution is -2.51. The fraction of sp³-hybridized carbons (Fsp3) is 0.308. The highest BCUT2D eigenvalue weighted by atomic mass is 16.5. The maximum Gasteiger partial charge on any atom is 0.408 e. The molecule has 0 saturated heterocycles. The third-order valence-electron chi connectivity index (χ3n) is 6.86. The Kier molecular flexibility index (Phi) is 5.98. The Morgan fingerprint density at radius 1 is 1.06 bits per heavy atom. The molecule has 35 heavy (non-hydrogen) atoms. The van der Waals surface area contributed by atoms with Crippen LogP contribution in [0.1, 0.15) is 41.6 Å². The molecule has 1 aromatic heterocycles. The van der Waals surface area contributed by atoms with Crippen LogP contribution < -0.4 is 10.6 Å². The molecule has 0 radical (unpaired) electrons. The summed E-state index contributed by atoms with van der Waals surface area (Å²) in [5.41, 5.74) is 4.94. The van der Waals surface area contributed by atoms with E-state index in [4.69, 9.17) is 9.84 Å². The standard InChI is InChI=1S/C26H26N4O5/c1-30-22(10-11-27-30)23(24(31)28-16-12-15(13-16)25(32)33)29-26(34)35-14-21-19-8-4-2-6-17(19)18-7-3-5-9-20(18)21/h2-11,15-16,21,23H,12-14H2,1H3,(H,28,31)(H,29,34)(H,32,33). The molecule has 9 nitrogen and oxygen atoms in total. The number of aliphatic carboxylic acids is 1. The molecule has 2 aliphatic carbocycles. The van der Waals surface area contributed by atoms with Crippen LogP contribution in [0.15, 0.2) is 60.8 Å². The number of aryl methyl sites for hydroxylation is 1. The molecular weight excluding hydrogens is 448 g/mol. The van der Waals surface area contributed by atoms with Crippen molar-refractivity contribution in [1.82, 2.24) is 20.4 Å². The minimum absolute atomic E-state index is 0.0972. The first-order chi connectivity index (χ1) is 16.9. The minimum atomic E-state index is -1.03. The number of ether oxygens (including phenoxy) is 1. The fourth-order valence-electron chi connectivity index (χ4n) is 4.92. The molecule has 0 spiro atoms. The molecule has 9 heteroatoms. The Bertz CT molecular complexity index is 1230. The number of benzene rings is 2. The molecule has 1 atom stereocenters. The Morgan fingerprint density at radius 2 is 1.69 bits per heavy atom. The van der Waals surface area contributed by atoms with Crippen LogP contribution in [0.2, 0.25) is 0 Å². The zero-order chi connectivity index (χ0) is 24.5. The summed E-state index contributed by atoms with van der Waals surface area (Å²) in [6.45, 7) is 0.127. The fourth-order valence-corrected chi connectivity index (χ4v) is 4.92. The Morgan fingerprint density at radius 3 is 2.26 bits per heavy atom. The van der Waals surface area contributed by atoms with E-state index < -0.39 is 29.9 Å². The van der Waals surface area contributed by atoms with Gasteiger partial charge in [0.2, 0.25) is 5.91 Å². The van der Waals surface area contributed by atoms with Crippen molar-refractivity contribution in [3.05, 3.63) is 77.6 Å². The predicted octanol–water partition coefficient (Wildman–Crippen LogP) is 2.98. The van der Waals surface area contributed by atoms with Gasteiger partial charge >= 0.3 is 12.1 Å². The Hall–Kier alpha value is -4.14. The number of hydrogen-bond acceptors (Lipinski definition) is 5. The van der Waals surface area contributed by atoms with E-state index in [0.717, 1.165) is 22.3 Å². The summed E-state index contributed by atoms with van der Waals surface area (Å²) < 4.78 is 7.12. The van der Waals surface area contributed by atoms with Crippen molar-refractivity contribution in [3.63, 3.8) is 0 Å². The van der Waals surface area contributed by atoms with Gasteiger partial charge in [0.1, 0.15) is 6.61 Å². The van der Waals surface area contributed by atoms with E-state index in [1.165, 1.54) is 4.68 Å². The van der Waals surface area contributed by atoms with Crippen molar-refractivity contribution in [2.24, 2.45) is 13.0 Å². The van der Waals surface area contributed by atoms with Gasteiger partial charge in [-0.2, -0.15) is 5.10 Å². The summed E-state index contributed by atoms with van der Waals surface area (Å²) in [6.07, 6.45) is 1.55. The van der Waals surface area contributed by atoms with Gasteiger partial charge in [0.05, 0.1) is 11.6 Å². The normalized spacial score (nSPS) is 19.1. The molecule has 5 rings (SSSR count). The number of nitrogens with one attached hydrogen (secondary N) is 2. The molecule has 2 aromatic carbocycles. The van der Waals surface area contributed by atoms with Gasteiger partial charge < -0.3 is 20.5 Å². The number of hydrogen-bond donors (Lipinski definition) is 3. The van der Waals surface area contributed by atoms with E-state index >= 15 is 0 Å². The highest BCUT2D eigenvalue weighted by Crippen LogP contribution is 2.44. The highest BCUT2D eigenvalue weighted by molar-refractivity contribution is 5.87. The van der Waals surface area contributed by atoms with E-state index in [0.29, 0.717) is 18.5 Å². The average molecular weight is 475 g/mol. The number of rotatable bonds is 7. The van der Waals surface area contributed by atoms with Gasteiger partial charge in [-0.05, 0) is 41.2 Å². The van der Waals surface area contributed by atoms with Crippen molar-refractivity contribution in [2.75, 3.05) is 6.61 Å². The van der Waals surface area contributed by atoms with Gasteiger partial charge in [0.25, 0.3) is 0 Å². The molecule has 3 N–H and O–H groups in total. The van der Waals surface area contributed by atoms with Crippen LogP contribution >= 0.6 is 0 Å². The topological polar surface area (TPSA) is 123 Å². The second-order valence-corrected chi connectivity index (χ2v) is 8.99. The van der Waals surface area contributed by atoms with Gasteiger partial charge in [-0.25, -0.2) is 4.79 Å². The maximum atomic E-state index is 13.0. The van der Waals surface area contributed by atoms with Crippen LogP contribution in [0.25, 0.3) is 11.1 Å². The SMILES string of the molecule is Cn1nccc1C(NC(=O)OCC1c2ccccc2-c2ccccc21)C(=O)NC1CC(C(=O)O)C1. The van der Waals surface area contributed by atoms with Gasteiger partial charge in [-0.15, -0.1) is 0 Å². The van der Waals surface area contributed by atoms with Crippen LogP contribution in [-0.2, 0) is 21.4 Å². The quantitative estimate of drug-likeness (QED) is 0.484. The second-order valence-electron chi connectivity index (χ2n) is 8.99. The summed E-state index contributed by atoms with van der Waals surface area (Å²) in [4.78, 5) is 36.9. The van der Waals surface area contributed by atoms with Gasteiger partial charge in [0, 0.05) is 25.2 Å². The van der Waals surface area contributed by atoms with Crippen molar-refractivity contribution >= 4 is 18.0 Å². The summed E-state index contributed by atoms with van der Waals surface area (Å²) in [5, 5.41) is 18.7. The molecule has 1 unspecified atom stereocenters. The molecule has 0 bridgehead atoms. The molecule has 1 fully saturated rings. The Balaban J connectivity index is 1.27. The Labute approximate surface area is 202 Å². The minimum Gasteiger partial charge on any atom is -0.481 e. The highest BCUT2D eigenvalue weighted by Gasteiger charge is 2.37. The van der Waals surface area contributed by atoms with Crippen molar-refractivity contribution in [2.45, 2.75) is 30.8 Å². The number of amides is 2. The number of carbonyl (C=O) groups excluding carboxylic acids is 2. The number of fused-ring (bicyclic) bond motifs is 3. The van der Waals surface area contributed by atoms with Crippen LogP contribution in [0.4, 0.5) is 4.79 Å². The van der Waals surface area contributed by atoms with E-state index in [9.17, 15) is 14.4 Å².